The second-order valence-corrected chi connectivity index (χ2v) is 6.58. The molecule has 6 nitrogen and oxygen atoms in total. The topological polar surface area (TPSA) is 58.6 Å². The molecule has 1 fully saturated rings. The molecule has 1 saturated heterocycles. The number of amides is 1. The highest BCUT2D eigenvalue weighted by Crippen LogP contribution is 2.22. The van der Waals surface area contributed by atoms with E-state index in [-0.39, 0.29) is 12.1 Å². The van der Waals surface area contributed by atoms with Crippen molar-refractivity contribution in [1.29, 1.82) is 0 Å². The molecule has 116 valence electrons. The maximum absolute atomic E-state index is 12.1. The Morgan fingerprint density at radius 2 is 2.14 bits per heavy atom. The molecule has 0 N–H and O–H groups in total. The summed E-state index contributed by atoms with van der Waals surface area (Å²) in [4.78, 5) is 15.8. The van der Waals surface area contributed by atoms with Crippen molar-refractivity contribution in [2.45, 2.75) is 38.8 Å². The van der Waals surface area contributed by atoms with Gasteiger partial charge in [0, 0.05) is 20.1 Å². The van der Waals surface area contributed by atoms with E-state index in [2.05, 4.69) is 15.1 Å². The Kier molecular flexibility index (Phi) is 4.56. The van der Waals surface area contributed by atoms with E-state index in [0.29, 0.717) is 11.7 Å². The van der Waals surface area contributed by atoms with Gasteiger partial charge in [-0.15, -0.1) is 10.2 Å². The first kappa shape index (κ1) is 15.8. The van der Waals surface area contributed by atoms with E-state index >= 15 is 0 Å². The second-order valence-electron chi connectivity index (χ2n) is 6.19. The molecule has 0 saturated carbocycles. The monoisotopic (exact) mass is 312 g/mol. The number of hydrogen-bond acceptors (Lipinski definition) is 5. The largest absolute Gasteiger partial charge is 0.444 e. The highest BCUT2D eigenvalue weighted by molar-refractivity contribution is 6.29. The van der Waals surface area contributed by atoms with E-state index < -0.39 is 5.60 Å². The lowest BCUT2D eigenvalue weighted by Gasteiger charge is -2.28. The summed E-state index contributed by atoms with van der Waals surface area (Å²) >= 11 is 5.74. The van der Waals surface area contributed by atoms with Gasteiger partial charge in [-0.25, -0.2) is 4.79 Å². The number of nitrogens with zero attached hydrogens (tertiary/aromatic N) is 4. The lowest BCUT2D eigenvalue weighted by molar-refractivity contribution is 0.0238. The molecule has 0 unspecified atom stereocenters. The third-order valence-electron chi connectivity index (χ3n) is 3.33. The second kappa shape index (κ2) is 6.05. The minimum absolute atomic E-state index is 0.109. The molecule has 7 heteroatoms. The number of carbonyl (C=O) groups excluding carboxylic acids is 1. The van der Waals surface area contributed by atoms with E-state index in [1.807, 2.05) is 26.8 Å². The summed E-state index contributed by atoms with van der Waals surface area (Å²) in [6.07, 6.45) is 0.580. The lowest BCUT2D eigenvalue weighted by atomic mass is 10.2. The van der Waals surface area contributed by atoms with Crippen LogP contribution in [0.1, 0.15) is 27.2 Å². The minimum atomic E-state index is -0.481. The van der Waals surface area contributed by atoms with Crippen molar-refractivity contribution in [2.75, 3.05) is 25.0 Å². The number of hydrogen-bond donors (Lipinski definition) is 0. The van der Waals surface area contributed by atoms with Crippen LogP contribution in [0.5, 0.6) is 0 Å². The summed E-state index contributed by atoms with van der Waals surface area (Å²) in [5.74, 6) is 0.777. The zero-order valence-corrected chi connectivity index (χ0v) is 13.6. The van der Waals surface area contributed by atoms with Gasteiger partial charge in [0.25, 0.3) is 0 Å². The van der Waals surface area contributed by atoms with Crippen LogP contribution in [0.4, 0.5) is 10.6 Å². The Hall–Kier alpha value is -1.56. The first-order valence-electron chi connectivity index (χ1n) is 6.96. The van der Waals surface area contributed by atoms with Crippen molar-refractivity contribution in [3.63, 3.8) is 0 Å². The lowest BCUT2D eigenvalue weighted by Crippen LogP contribution is -2.42. The maximum atomic E-state index is 12.1. The summed E-state index contributed by atoms with van der Waals surface area (Å²) < 4.78 is 5.39. The molecular formula is C14H21ClN4O2. The average molecular weight is 313 g/mol. The van der Waals surface area contributed by atoms with Crippen molar-refractivity contribution < 1.29 is 9.53 Å². The van der Waals surface area contributed by atoms with Gasteiger partial charge >= 0.3 is 6.09 Å². The Labute approximate surface area is 130 Å². The molecule has 21 heavy (non-hydrogen) atoms. The van der Waals surface area contributed by atoms with Crippen LogP contribution >= 0.6 is 11.6 Å². The quantitative estimate of drug-likeness (QED) is 0.840. The Bertz CT molecular complexity index is 501. The third-order valence-corrected chi connectivity index (χ3v) is 3.54. The third kappa shape index (κ3) is 4.20. The van der Waals surface area contributed by atoms with E-state index in [9.17, 15) is 4.79 Å². The number of aromatic nitrogens is 2. The van der Waals surface area contributed by atoms with Gasteiger partial charge in [-0.05, 0) is 39.3 Å². The van der Waals surface area contributed by atoms with Crippen LogP contribution < -0.4 is 4.90 Å². The Morgan fingerprint density at radius 1 is 1.43 bits per heavy atom. The van der Waals surface area contributed by atoms with Gasteiger partial charge in [-0.3, -0.25) is 0 Å². The molecule has 0 spiro atoms. The smallest absolute Gasteiger partial charge is 0.410 e. The summed E-state index contributed by atoms with van der Waals surface area (Å²) in [6.45, 7) is 7.13. The first-order valence-corrected chi connectivity index (χ1v) is 7.34. The molecule has 0 aliphatic carbocycles. The van der Waals surface area contributed by atoms with Crippen LogP contribution in [0.3, 0.4) is 0 Å². The fourth-order valence-electron chi connectivity index (χ4n) is 2.23. The highest BCUT2D eigenvalue weighted by atomic mass is 35.5. The number of halogens is 1. The molecule has 1 atom stereocenters. The zero-order valence-electron chi connectivity index (χ0n) is 12.8. The van der Waals surface area contributed by atoms with Crippen LogP contribution in [0, 0.1) is 0 Å². The molecule has 2 rings (SSSR count). The van der Waals surface area contributed by atoms with Crippen molar-refractivity contribution in [3.8, 4) is 0 Å². The van der Waals surface area contributed by atoms with E-state index in [4.69, 9.17) is 16.3 Å². The van der Waals surface area contributed by atoms with Crippen molar-refractivity contribution in [1.82, 2.24) is 15.1 Å². The molecule has 1 aliphatic heterocycles. The number of anilines is 1. The summed E-state index contributed by atoms with van der Waals surface area (Å²) in [7, 11) is 1.77. The van der Waals surface area contributed by atoms with Gasteiger partial charge < -0.3 is 14.5 Å². The predicted octanol–water partition coefficient (Wildman–Crippen LogP) is 2.58. The molecule has 1 aromatic heterocycles. The van der Waals surface area contributed by atoms with Gasteiger partial charge in [-0.2, -0.15) is 0 Å². The van der Waals surface area contributed by atoms with Crippen LogP contribution in [0.25, 0.3) is 0 Å². The van der Waals surface area contributed by atoms with Gasteiger partial charge in [0.1, 0.15) is 5.60 Å². The summed E-state index contributed by atoms with van der Waals surface area (Å²) in [6, 6.07) is 3.66. The Morgan fingerprint density at radius 3 is 2.71 bits per heavy atom. The fraction of sp³-hybridized carbons (Fsp3) is 0.643. The van der Waals surface area contributed by atoms with Crippen LogP contribution in [0.15, 0.2) is 12.1 Å². The van der Waals surface area contributed by atoms with Gasteiger partial charge in [-0.1, -0.05) is 11.6 Å². The molecule has 0 bridgehead atoms. The number of likely N-dealkylation sites (N-methyl/N-ethyl adjacent to an activating group) is 1. The number of carbonyl (C=O) groups is 1. The van der Waals surface area contributed by atoms with Gasteiger partial charge in [0.05, 0.1) is 6.04 Å². The van der Waals surface area contributed by atoms with E-state index in [1.54, 1.807) is 18.0 Å². The molecule has 1 aliphatic rings. The van der Waals surface area contributed by atoms with Crippen molar-refractivity contribution in [3.05, 3.63) is 17.3 Å². The first-order chi connectivity index (χ1) is 9.76. The molecule has 0 aromatic carbocycles. The average Bonchev–Trinajstić information content (AvgIpc) is 2.86. The molecule has 1 amide bonds. The van der Waals surface area contributed by atoms with Gasteiger partial charge in [0.15, 0.2) is 11.0 Å². The maximum Gasteiger partial charge on any atom is 0.410 e. The van der Waals surface area contributed by atoms with Gasteiger partial charge in [0.2, 0.25) is 0 Å². The number of rotatable bonds is 2. The zero-order chi connectivity index (χ0) is 15.6. The van der Waals surface area contributed by atoms with E-state index in [0.717, 1.165) is 18.8 Å². The SMILES string of the molecule is CN(C(=O)OC(C)(C)C)[C@@H]1CCN(c2ccc(Cl)nn2)C1. The summed E-state index contributed by atoms with van der Waals surface area (Å²) in [5.41, 5.74) is -0.481. The highest BCUT2D eigenvalue weighted by Gasteiger charge is 2.31. The van der Waals surface area contributed by atoms with Crippen LogP contribution in [-0.4, -0.2) is 53.0 Å². The van der Waals surface area contributed by atoms with Crippen LogP contribution in [-0.2, 0) is 4.74 Å². The molecule has 2 heterocycles. The minimum Gasteiger partial charge on any atom is -0.444 e. The predicted molar refractivity (Wildman–Crippen MR) is 81.7 cm³/mol. The fourth-order valence-corrected chi connectivity index (χ4v) is 2.33. The number of ether oxygens (including phenoxy) is 1. The van der Waals surface area contributed by atoms with Crippen molar-refractivity contribution in [2.24, 2.45) is 0 Å². The van der Waals surface area contributed by atoms with E-state index in [1.165, 1.54) is 0 Å². The molecule has 1 aromatic rings. The summed E-state index contributed by atoms with van der Waals surface area (Å²) in [5, 5.41) is 8.29. The molecular weight excluding hydrogens is 292 g/mol. The normalized spacial score (nSPS) is 18.7. The Balaban J connectivity index is 1.95. The van der Waals surface area contributed by atoms with Crippen molar-refractivity contribution >= 4 is 23.5 Å². The van der Waals surface area contributed by atoms with Crippen LogP contribution in [0.2, 0.25) is 5.15 Å². The standard InChI is InChI=1S/C14H21ClN4O2/c1-14(2,3)21-13(20)18(4)10-7-8-19(9-10)12-6-5-11(15)16-17-12/h5-6,10H,7-9H2,1-4H3/t10-/m1/s1. The molecule has 0 radical (unpaired) electrons.